The summed E-state index contributed by atoms with van der Waals surface area (Å²) in [5.74, 6) is 0. The summed E-state index contributed by atoms with van der Waals surface area (Å²) in [5, 5.41) is 10.1. The van der Waals surface area contributed by atoms with E-state index in [4.69, 9.17) is 22.1 Å². The van der Waals surface area contributed by atoms with E-state index in [0.29, 0.717) is 30.4 Å². The fourth-order valence-electron chi connectivity index (χ4n) is 1.67. The number of aliphatic hydroxyl groups is 1. The molecule has 1 unspecified atom stereocenters. The summed E-state index contributed by atoms with van der Waals surface area (Å²) >= 11 is 5.85. The van der Waals surface area contributed by atoms with Gasteiger partial charge in [-0.2, -0.15) is 0 Å². The molecule has 96 valence electrons. The van der Waals surface area contributed by atoms with Gasteiger partial charge < -0.3 is 15.6 Å². The van der Waals surface area contributed by atoms with Crippen LogP contribution in [0.1, 0.15) is 5.56 Å². The molecule has 1 atom stereocenters. The van der Waals surface area contributed by atoms with Crippen LogP contribution >= 0.6 is 11.6 Å². The first-order valence-corrected chi connectivity index (χ1v) is 5.80. The molecule has 0 aliphatic rings. The molecule has 17 heavy (non-hydrogen) atoms. The third-order valence-electron chi connectivity index (χ3n) is 2.39. The number of aliphatic hydroxyl groups excluding tert-OH is 1. The van der Waals surface area contributed by atoms with E-state index >= 15 is 0 Å². The lowest BCUT2D eigenvalue weighted by Crippen LogP contribution is -2.31. The van der Waals surface area contributed by atoms with E-state index in [1.54, 1.807) is 13.2 Å². The second-order valence-electron chi connectivity index (χ2n) is 4.16. The predicted molar refractivity (Wildman–Crippen MR) is 70.1 cm³/mol. The fraction of sp³-hybridized carbons (Fsp3) is 0.500. The molecule has 1 rings (SSSR count). The average molecular weight is 259 g/mol. The molecule has 0 saturated heterocycles. The van der Waals surface area contributed by atoms with Crippen molar-refractivity contribution < 1.29 is 9.84 Å². The molecular formula is C12H19ClN2O2. The van der Waals surface area contributed by atoms with Gasteiger partial charge in [-0.3, -0.25) is 4.90 Å². The van der Waals surface area contributed by atoms with E-state index in [1.807, 2.05) is 24.1 Å². The monoisotopic (exact) mass is 258 g/mol. The molecule has 0 aliphatic carbocycles. The molecule has 1 aromatic carbocycles. The predicted octanol–water partition coefficient (Wildman–Crippen LogP) is 1.36. The normalized spacial score (nSPS) is 13.0. The molecule has 1 aromatic rings. The smallest absolute Gasteiger partial charge is 0.0900 e. The Balaban J connectivity index is 2.50. The maximum Gasteiger partial charge on any atom is 0.0900 e. The number of nitrogens with zero attached hydrogens (tertiary/aromatic N) is 1. The number of hydrogen-bond donors (Lipinski definition) is 2. The second kappa shape index (κ2) is 6.81. The summed E-state index contributed by atoms with van der Waals surface area (Å²) in [6, 6.07) is 5.56. The largest absolute Gasteiger partial charge is 0.398 e. The molecule has 5 heteroatoms. The van der Waals surface area contributed by atoms with Crippen molar-refractivity contribution in [3.8, 4) is 0 Å². The number of methoxy groups -OCH3 is 1. The Kier molecular flexibility index (Phi) is 5.71. The number of halogens is 1. The molecule has 0 radical (unpaired) electrons. The van der Waals surface area contributed by atoms with Gasteiger partial charge in [0.15, 0.2) is 0 Å². The second-order valence-corrected chi connectivity index (χ2v) is 4.57. The topological polar surface area (TPSA) is 58.7 Å². The van der Waals surface area contributed by atoms with Gasteiger partial charge in [0.2, 0.25) is 0 Å². The summed E-state index contributed by atoms with van der Waals surface area (Å²) < 4.78 is 4.88. The molecule has 0 amide bonds. The summed E-state index contributed by atoms with van der Waals surface area (Å²) in [6.45, 7) is 1.60. The Morgan fingerprint density at radius 1 is 1.53 bits per heavy atom. The number of hydrogen-bond acceptors (Lipinski definition) is 4. The summed E-state index contributed by atoms with van der Waals surface area (Å²) in [7, 11) is 3.51. The van der Waals surface area contributed by atoms with Gasteiger partial charge in [-0.05, 0) is 24.7 Å². The highest BCUT2D eigenvalue weighted by Crippen LogP contribution is 2.20. The van der Waals surface area contributed by atoms with Crippen molar-refractivity contribution in [1.29, 1.82) is 0 Å². The van der Waals surface area contributed by atoms with Crippen molar-refractivity contribution >= 4 is 17.3 Å². The summed E-state index contributed by atoms with van der Waals surface area (Å²) in [6.07, 6.45) is -0.477. The average Bonchev–Trinajstić information content (AvgIpc) is 2.23. The minimum absolute atomic E-state index is 0.340. The van der Waals surface area contributed by atoms with Crippen molar-refractivity contribution in [1.82, 2.24) is 4.90 Å². The molecule has 0 spiro atoms. The molecule has 3 N–H and O–H groups in total. The van der Waals surface area contributed by atoms with E-state index in [2.05, 4.69) is 0 Å². The molecular weight excluding hydrogens is 240 g/mol. The Hall–Kier alpha value is -0.810. The quantitative estimate of drug-likeness (QED) is 0.757. The molecule has 0 fully saturated rings. The highest BCUT2D eigenvalue weighted by atomic mass is 35.5. The van der Waals surface area contributed by atoms with Gasteiger partial charge in [-0.25, -0.2) is 0 Å². The van der Waals surface area contributed by atoms with Crippen LogP contribution in [0.15, 0.2) is 18.2 Å². The van der Waals surface area contributed by atoms with E-state index in [-0.39, 0.29) is 0 Å². The zero-order valence-electron chi connectivity index (χ0n) is 10.2. The van der Waals surface area contributed by atoms with Crippen molar-refractivity contribution in [2.45, 2.75) is 12.6 Å². The number of nitrogens with two attached hydrogens (primary N) is 1. The van der Waals surface area contributed by atoms with Crippen LogP contribution in [-0.2, 0) is 11.3 Å². The zero-order chi connectivity index (χ0) is 12.8. The van der Waals surface area contributed by atoms with Gasteiger partial charge in [-0.15, -0.1) is 0 Å². The number of likely N-dealkylation sites (N-methyl/N-ethyl adjacent to an activating group) is 1. The Morgan fingerprint density at radius 2 is 2.24 bits per heavy atom. The maximum absolute atomic E-state index is 9.58. The van der Waals surface area contributed by atoms with Crippen LogP contribution in [0.2, 0.25) is 5.02 Å². The Morgan fingerprint density at radius 3 is 2.82 bits per heavy atom. The van der Waals surface area contributed by atoms with Crippen LogP contribution in [-0.4, -0.2) is 43.4 Å². The van der Waals surface area contributed by atoms with E-state index < -0.39 is 6.10 Å². The first-order chi connectivity index (χ1) is 8.02. The van der Waals surface area contributed by atoms with Crippen LogP contribution in [0, 0.1) is 0 Å². The minimum atomic E-state index is -0.477. The fourth-order valence-corrected chi connectivity index (χ4v) is 1.79. The van der Waals surface area contributed by atoms with Gasteiger partial charge in [0.1, 0.15) is 0 Å². The number of rotatable bonds is 6. The molecule has 0 bridgehead atoms. The molecule has 0 saturated carbocycles. The third-order valence-corrected chi connectivity index (χ3v) is 2.74. The van der Waals surface area contributed by atoms with Gasteiger partial charge in [0.05, 0.1) is 23.4 Å². The lowest BCUT2D eigenvalue weighted by Gasteiger charge is -2.20. The van der Waals surface area contributed by atoms with Gasteiger partial charge in [0.25, 0.3) is 0 Å². The van der Waals surface area contributed by atoms with Crippen molar-refractivity contribution in [2.24, 2.45) is 0 Å². The van der Waals surface area contributed by atoms with Crippen LogP contribution < -0.4 is 5.73 Å². The number of nitrogen functional groups attached to an aromatic ring is 1. The first kappa shape index (κ1) is 14.3. The molecule has 4 nitrogen and oxygen atoms in total. The van der Waals surface area contributed by atoms with Gasteiger partial charge in [-0.1, -0.05) is 17.7 Å². The molecule has 0 aromatic heterocycles. The molecule has 0 aliphatic heterocycles. The van der Waals surface area contributed by atoms with Crippen molar-refractivity contribution in [3.05, 3.63) is 28.8 Å². The minimum Gasteiger partial charge on any atom is -0.398 e. The SMILES string of the molecule is COCC(O)CN(C)Cc1ccc(Cl)c(N)c1. The summed E-state index contributed by atoms with van der Waals surface area (Å²) in [5.41, 5.74) is 7.37. The van der Waals surface area contributed by atoms with Gasteiger partial charge >= 0.3 is 0 Å². The Bertz CT molecular complexity index is 360. The standard InChI is InChI=1S/C12H19ClN2O2/c1-15(7-10(16)8-17-2)6-9-3-4-11(13)12(14)5-9/h3-5,10,16H,6-8,14H2,1-2H3. The van der Waals surface area contributed by atoms with Crippen LogP contribution in [0.4, 0.5) is 5.69 Å². The lowest BCUT2D eigenvalue weighted by atomic mass is 10.2. The lowest BCUT2D eigenvalue weighted by molar-refractivity contribution is 0.0419. The summed E-state index contributed by atoms with van der Waals surface area (Å²) in [4.78, 5) is 2.01. The number of anilines is 1. The van der Waals surface area contributed by atoms with E-state index in [9.17, 15) is 5.11 Å². The van der Waals surface area contributed by atoms with E-state index in [0.717, 1.165) is 5.56 Å². The van der Waals surface area contributed by atoms with Crippen LogP contribution in [0.5, 0.6) is 0 Å². The van der Waals surface area contributed by atoms with Gasteiger partial charge in [0, 0.05) is 20.2 Å². The van der Waals surface area contributed by atoms with Crippen LogP contribution in [0.25, 0.3) is 0 Å². The van der Waals surface area contributed by atoms with E-state index in [1.165, 1.54) is 0 Å². The highest BCUT2D eigenvalue weighted by molar-refractivity contribution is 6.33. The molecule has 0 heterocycles. The maximum atomic E-state index is 9.58. The van der Waals surface area contributed by atoms with Crippen molar-refractivity contribution in [3.63, 3.8) is 0 Å². The first-order valence-electron chi connectivity index (χ1n) is 5.42. The highest BCUT2D eigenvalue weighted by Gasteiger charge is 2.08. The number of benzene rings is 1. The van der Waals surface area contributed by atoms with Crippen molar-refractivity contribution in [2.75, 3.05) is 33.0 Å². The zero-order valence-corrected chi connectivity index (χ0v) is 10.9. The van der Waals surface area contributed by atoms with Crippen LogP contribution in [0.3, 0.4) is 0 Å². The Labute approximate surface area is 107 Å². The third kappa shape index (κ3) is 4.91. The number of ether oxygens (including phenoxy) is 1.